The Morgan fingerprint density at radius 1 is 1.14 bits per heavy atom. The van der Waals surface area contributed by atoms with Crippen molar-refractivity contribution in [3.63, 3.8) is 0 Å². The van der Waals surface area contributed by atoms with Crippen LogP contribution in [-0.2, 0) is 21.7 Å². The van der Waals surface area contributed by atoms with Crippen molar-refractivity contribution in [2.24, 2.45) is 0 Å². The fourth-order valence-corrected chi connectivity index (χ4v) is 3.79. The monoisotopic (exact) mass is 443 g/mol. The zero-order valence-corrected chi connectivity index (χ0v) is 17.6. The highest BCUT2D eigenvalue weighted by Crippen LogP contribution is 2.31. The first kappa shape index (κ1) is 20.1. The maximum absolute atomic E-state index is 13.0. The first-order chi connectivity index (χ1) is 13.2. The lowest BCUT2D eigenvalue weighted by Gasteiger charge is -2.24. The van der Waals surface area contributed by atoms with Gasteiger partial charge >= 0.3 is 6.03 Å². The number of carbonyl (C=O) groups is 3. The molecule has 3 rings (SSSR count). The van der Waals surface area contributed by atoms with E-state index in [1.54, 1.807) is 14.0 Å². The van der Waals surface area contributed by atoms with Crippen molar-refractivity contribution in [2.45, 2.75) is 25.9 Å². The van der Waals surface area contributed by atoms with E-state index < -0.39 is 17.5 Å². The Labute approximate surface area is 172 Å². The molecule has 1 unspecified atom stereocenters. The second kappa shape index (κ2) is 7.75. The Hall–Kier alpha value is -2.67. The van der Waals surface area contributed by atoms with Gasteiger partial charge in [0.05, 0.1) is 0 Å². The van der Waals surface area contributed by atoms with Crippen LogP contribution in [0, 0.1) is 6.92 Å². The SMILES string of the molecule is Cc1ccccc1C1(C)NC(=O)N(CC(=O)N(C)Cc2ccccc2Br)C1=O. The highest BCUT2D eigenvalue weighted by Gasteiger charge is 2.50. The van der Waals surface area contributed by atoms with E-state index in [1.165, 1.54) is 4.90 Å². The number of carbonyl (C=O) groups excluding carboxylic acids is 3. The van der Waals surface area contributed by atoms with E-state index in [9.17, 15) is 14.4 Å². The van der Waals surface area contributed by atoms with E-state index >= 15 is 0 Å². The first-order valence-corrected chi connectivity index (χ1v) is 9.71. The molecule has 7 heteroatoms. The summed E-state index contributed by atoms with van der Waals surface area (Å²) in [5, 5.41) is 2.75. The molecule has 1 N–H and O–H groups in total. The number of rotatable bonds is 5. The summed E-state index contributed by atoms with van der Waals surface area (Å²) in [4.78, 5) is 40.6. The molecule has 0 aliphatic carbocycles. The largest absolute Gasteiger partial charge is 0.340 e. The van der Waals surface area contributed by atoms with Gasteiger partial charge in [0.1, 0.15) is 12.1 Å². The first-order valence-electron chi connectivity index (χ1n) is 8.91. The summed E-state index contributed by atoms with van der Waals surface area (Å²) in [5.74, 6) is -0.734. The van der Waals surface area contributed by atoms with E-state index in [-0.39, 0.29) is 12.5 Å². The smallest absolute Gasteiger partial charge is 0.325 e. The average Bonchev–Trinajstić information content (AvgIpc) is 2.87. The summed E-state index contributed by atoms with van der Waals surface area (Å²) in [6, 6.07) is 14.5. The van der Waals surface area contributed by atoms with Crippen LogP contribution in [0.5, 0.6) is 0 Å². The van der Waals surface area contributed by atoms with Gasteiger partial charge in [-0.1, -0.05) is 58.4 Å². The van der Waals surface area contributed by atoms with Crippen LogP contribution < -0.4 is 5.32 Å². The van der Waals surface area contributed by atoms with Gasteiger partial charge in [0.2, 0.25) is 5.91 Å². The van der Waals surface area contributed by atoms with Crippen LogP contribution in [0.1, 0.15) is 23.6 Å². The Kier molecular flexibility index (Phi) is 5.56. The van der Waals surface area contributed by atoms with E-state index in [1.807, 2.05) is 55.5 Å². The number of aryl methyl sites for hydroxylation is 1. The van der Waals surface area contributed by atoms with Crippen LogP contribution in [0.2, 0.25) is 0 Å². The molecule has 0 aromatic heterocycles. The number of nitrogens with one attached hydrogen (secondary N) is 1. The second-order valence-electron chi connectivity index (χ2n) is 7.10. The molecule has 1 aliphatic heterocycles. The van der Waals surface area contributed by atoms with Gasteiger partial charge in [-0.3, -0.25) is 14.5 Å². The zero-order valence-electron chi connectivity index (χ0n) is 16.0. The molecule has 1 heterocycles. The van der Waals surface area contributed by atoms with Crippen LogP contribution in [-0.4, -0.2) is 41.2 Å². The van der Waals surface area contributed by atoms with Crippen molar-refractivity contribution in [1.82, 2.24) is 15.1 Å². The predicted molar refractivity (Wildman–Crippen MR) is 109 cm³/mol. The molecular formula is C21H22BrN3O3. The quantitative estimate of drug-likeness (QED) is 0.721. The molecule has 0 saturated carbocycles. The normalized spacial score (nSPS) is 18.9. The molecule has 146 valence electrons. The second-order valence-corrected chi connectivity index (χ2v) is 7.96. The lowest BCUT2D eigenvalue weighted by Crippen LogP contribution is -2.43. The van der Waals surface area contributed by atoms with Gasteiger partial charge in [-0.15, -0.1) is 0 Å². The summed E-state index contributed by atoms with van der Waals surface area (Å²) in [6.45, 7) is 3.64. The minimum atomic E-state index is -1.18. The zero-order chi connectivity index (χ0) is 20.5. The van der Waals surface area contributed by atoms with Gasteiger partial charge in [-0.05, 0) is 36.6 Å². The molecule has 1 fully saturated rings. The molecule has 0 bridgehead atoms. The summed E-state index contributed by atoms with van der Waals surface area (Å²) >= 11 is 3.46. The number of hydrogen-bond acceptors (Lipinski definition) is 3. The van der Waals surface area contributed by atoms with E-state index in [2.05, 4.69) is 21.2 Å². The predicted octanol–water partition coefficient (Wildman–Crippen LogP) is 3.18. The number of halogens is 1. The minimum Gasteiger partial charge on any atom is -0.340 e. The number of urea groups is 1. The maximum atomic E-state index is 13.0. The minimum absolute atomic E-state index is 0.299. The lowest BCUT2D eigenvalue weighted by molar-refractivity contribution is -0.138. The third-order valence-electron chi connectivity index (χ3n) is 5.04. The van der Waals surface area contributed by atoms with Crippen molar-refractivity contribution in [3.8, 4) is 0 Å². The molecule has 4 amide bonds. The van der Waals surface area contributed by atoms with Crippen LogP contribution in [0.25, 0.3) is 0 Å². The number of amides is 4. The van der Waals surface area contributed by atoms with Gasteiger partial charge < -0.3 is 10.2 Å². The highest BCUT2D eigenvalue weighted by molar-refractivity contribution is 9.10. The van der Waals surface area contributed by atoms with Crippen molar-refractivity contribution in [2.75, 3.05) is 13.6 Å². The molecule has 1 aliphatic rings. The Morgan fingerprint density at radius 2 is 1.79 bits per heavy atom. The molecule has 1 atom stereocenters. The third kappa shape index (κ3) is 3.67. The van der Waals surface area contributed by atoms with Gasteiger partial charge in [-0.2, -0.15) is 0 Å². The van der Waals surface area contributed by atoms with Crippen molar-refractivity contribution in [3.05, 3.63) is 69.7 Å². The van der Waals surface area contributed by atoms with Gasteiger partial charge in [-0.25, -0.2) is 4.79 Å². The highest BCUT2D eigenvalue weighted by atomic mass is 79.9. The van der Waals surface area contributed by atoms with E-state index in [0.29, 0.717) is 6.54 Å². The Balaban J connectivity index is 1.75. The van der Waals surface area contributed by atoms with Crippen LogP contribution >= 0.6 is 15.9 Å². The third-order valence-corrected chi connectivity index (χ3v) is 5.82. The van der Waals surface area contributed by atoms with Gasteiger partial charge in [0.25, 0.3) is 5.91 Å². The number of imide groups is 1. The standard InChI is InChI=1S/C21H22BrN3O3/c1-14-8-4-6-10-16(14)21(2)19(27)25(20(28)23-21)13-18(26)24(3)12-15-9-5-7-11-17(15)22/h4-11H,12-13H2,1-3H3,(H,23,28). The van der Waals surface area contributed by atoms with Gasteiger partial charge in [0.15, 0.2) is 0 Å². The molecule has 28 heavy (non-hydrogen) atoms. The summed E-state index contributed by atoms with van der Waals surface area (Å²) in [6.07, 6.45) is 0. The molecule has 2 aromatic rings. The Morgan fingerprint density at radius 3 is 2.46 bits per heavy atom. The topological polar surface area (TPSA) is 69.7 Å². The number of hydrogen-bond donors (Lipinski definition) is 1. The number of likely N-dealkylation sites (N-methyl/N-ethyl adjacent to an activating group) is 1. The average molecular weight is 444 g/mol. The molecule has 1 saturated heterocycles. The molecule has 0 spiro atoms. The van der Waals surface area contributed by atoms with Crippen molar-refractivity contribution < 1.29 is 14.4 Å². The lowest BCUT2D eigenvalue weighted by atomic mass is 9.88. The summed E-state index contributed by atoms with van der Waals surface area (Å²) in [7, 11) is 1.65. The summed E-state index contributed by atoms with van der Waals surface area (Å²) < 4.78 is 0.900. The molecular weight excluding hydrogens is 422 g/mol. The Bertz CT molecular complexity index is 946. The van der Waals surface area contributed by atoms with Crippen molar-refractivity contribution >= 4 is 33.8 Å². The number of nitrogens with zero attached hydrogens (tertiary/aromatic N) is 2. The van der Waals surface area contributed by atoms with Gasteiger partial charge in [0, 0.05) is 18.1 Å². The molecule has 6 nitrogen and oxygen atoms in total. The fourth-order valence-electron chi connectivity index (χ4n) is 3.38. The van der Waals surface area contributed by atoms with Crippen LogP contribution in [0.4, 0.5) is 4.79 Å². The fraction of sp³-hybridized carbons (Fsp3) is 0.286. The molecule has 2 aromatic carbocycles. The van der Waals surface area contributed by atoms with Crippen LogP contribution in [0.15, 0.2) is 53.0 Å². The molecule has 0 radical (unpaired) electrons. The maximum Gasteiger partial charge on any atom is 0.325 e. The van der Waals surface area contributed by atoms with E-state index in [0.717, 1.165) is 26.1 Å². The number of benzene rings is 2. The summed E-state index contributed by atoms with van der Waals surface area (Å²) in [5.41, 5.74) is 1.40. The van der Waals surface area contributed by atoms with E-state index in [4.69, 9.17) is 0 Å². The van der Waals surface area contributed by atoms with Crippen molar-refractivity contribution in [1.29, 1.82) is 0 Å². The van der Waals surface area contributed by atoms with Crippen LogP contribution in [0.3, 0.4) is 0 Å².